The highest BCUT2D eigenvalue weighted by atomic mass is 32.2. The number of rotatable bonds is 4. The highest BCUT2D eigenvalue weighted by Gasteiger charge is 2.31. The number of benzene rings is 2. The lowest BCUT2D eigenvalue weighted by Gasteiger charge is -2.31. The number of carbonyl (C=O) groups is 1. The lowest BCUT2D eigenvalue weighted by atomic mass is 10.1. The van der Waals surface area contributed by atoms with Gasteiger partial charge in [0.2, 0.25) is 10.0 Å². The summed E-state index contributed by atoms with van der Waals surface area (Å²) in [5, 5.41) is 12.3. The van der Waals surface area contributed by atoms with Crippen LogP contribution in [0, 0.1) is 6.92 Å². The van der Waals surface area contributed by atoms with Gasteiger partial charge in [-0.25, -0.2) is 8.42 Å². The van der Waals surface area contributed by atoms with E-state index in [1.54, 1.807) is 36.9 Å². The van der Waals surface area contributed by atoms with Crippen molar-refractivity contribution in [2.24, 2.45) is 0 Å². The number of phenols is 1. The van der Waals surface area contributed by atoms with Crippen LogP contribution in [-0.4, -0.2) is 47.8 Å². The van der Waals surface area contributed by atoms with Gasteiger partial charge in [-0.15, -0.1) is 0 Å². The first-order chi connectivity index (χ1) is 12.8. The van der Waals surface area contributed by atoms with Crippen LogP contribution >= 0.6 is 11.8 Å². The molecule has 2 N–H and O–H groups in total. The predicted octanol–water partition coefficient (Wildman–Crippen LogP) is 3.08. The molecule has 3 rings (SSSR count). The van der Waals surface area contributed by atoms with Crippen LogP contribution in [0.2, 0.25) is 0 Å². The molecule has 1 atom stereocenters. The van der Waals surface area contributed by atoms with Gasteiger partial charge in [-0.3, -0.25) is 4.79 Å². The van der Waals surface area contributed by atoms with E-state index in [0.717, 1.165) is 11.5 Å². The van der Waals surface area contributed by atoms with Crippen molar-refractivity contribution in [1.29, 1.82) is 0 Å². The Bertz CT molecular complexity index is 943. The van der Waals surface area contributed by atoms with Crippen LogP contribution in [-0.2, 0) is 10.0 Å². The molecule has 2 aromatic rings. The fourth-order valence-electron chi connectivity index (χ4n) is 2.91. The van der Waals surface area contributed by atoms with Crippen molar-refractivity contribution >= 4 is 33.4 Å². The second-order valence-corrected chi connectivity index (χ2v) is 9.56. The molecule has 144 valence electrons. The Morgan fingerprint density at radius 1 is 1.22 bits per heavy atom. The molecular formula is C19H22N2O4S2. The third-order valence-electron chi connectivity index (χ3n) is 4.48. The number of sulfonamides is 1. The van der Waals surface area contributed by atoms with Crippen LogP contribution in [0.4, 0.5) is 5.69 Å². The van der Waals surface area contributed by atoms with Crippen LogP contribution in [0.1, 0.15) is 22.8 Å². The highest BCUT2D eigenvalue weighted by Crippen LogP contribution is 2.25. The van der Waals surface area contributed by atoms with Gasteiger partial charge in [0, 0.05) is 35.3 Å². The minimum Gasteiger partial charge on any atom is -0.508 e. The predicted molar refractivity (Wildman–Crippen MR) is 108 cm³/mol. The zero-order chi connectivity index (χ0) is 19.6. The maximum atomic E-state index is 12.8. The number of hydrogen-bond acceptors (Lipinski definition) is 5. The highest BCUT2D eigenvalue weighted by molar-refractivity contribution is 7.99. The van der Waals surface area contributed by atoms with Crippen molar-refractivity contribution in [2.75, 3.05) is 23.4 Å². The summed E-state index contributed by atoms with van der Waals surface area (Å²) in [5.41, 5.74) is 1.53. The Labute approximate surface area is 163 Å². The molecule has 8 heteroatoms. The van der Waals surface area contributed by atoms with Crippen molar-refractivity contribution < 1.29 is 18.3 Å². The van der Waals surface area contributed by atoms with Gasteiger partial charge in [-0.05, 0) is 61.9 Å². The monoisotopic (exact) mass is 406 g/mol. The molecule has 6 nitrogen and oxygen atoms in total. The topological polar surface area (TPSA) is 86.7 Å². The van der Waals surface area contributed by atoms with E-state index in [-0.39, 0.29) is 22.6 Å². The number of nitrogens with zero attached hydrogens (tertiary/aromatic N) is 1. The zero-order valence-electron chi connectivity index (χ0n) is 15.2. The summed E-state index contributed by atoms with van der Waals surface area (Å²) in [5.74, 6) is 1.39. The van der Waals surface area contributed by atoms with Crippen molar-refractivity contribution in [3.8, 4) is 5.75 Å². The van der Waals surface area contributed by atoms with Crippen molar-refractivity contribution in [3.63, 3.8) is 0 Å². The number of hydrogen-bond donors (Lipinski definition) is 2. The van der Waals surface area contributed by atoms with Gasteiger partial charge in [-0.2, -0.15) is 16.1 Å². The fraction of sp³-hybridized carbons (Fsp3) is 0.316. The normalized spacial score (nSPS) is 18.2. The van der Waals surface area contributed by atoms with Crippen molar-refractivity contribution in [2.45, 2.75) is 24.8 Å². The maximum absolute atomic E-state index is 12.8. The fourth-order valence-corrected chi connectivity index (χ4v) is 5.77. The Hall–Kier alpha value is -2.03. The third kappa shape index (κ3) is 4.28. The van der Waals surface area contributed by atoms with E-state index < -0.39 is 10.0 Å². The standard InChI is InChI=1S/C19H22N2O4S2/c1-13-11-15(3-8-18(13)22)19(23)20-16-4-6-17(7-5-16)27(24,25)21-9-10-26-12-14(21)2/h3-8,11,14,22H,9-10,12H2,1-2H3,(H,20,23). The lowest BCUT2D eigenvalue weighted by Crippen LogP contribution is -2.44. The first kappa shape index (κ1) is 19.7. The van der Waals surface area contributed by atoms with E-state index in [1.165, 1.54) is 28.6 Å². The molecule has 1 unspecified atom stereocenters. The lowest BCUT2D eigenvalue weighted by molar-refractivity contribution is 0.102. The van der Waals surface area contributed by atoms with E-state index >= 15 is 0 Å². The van der Waals surface area contributed by atoms with Gasteiger partial charge in [0.25, 0.3) is 5.91 Å². The van der Waals surface area contributed by atoms with Gasteiger partial charge in [0.15, 0.2) is 0 Å². The summed E-state index contributed by atoms with van der Waals surface area (Å²) in [4.78, 5) is 12.6. The summed E-state index contributed by atoms with van der Waals surface area (Å²) in [6.07, 6.45) is 0. The molecule has 0 aromatic heterocycles. The number of amides is 1. The van der Waals surface area contributed by atoms with E-state index in [0.29, 0.717) is 23.4 Å². The Morgan fingerprint density at radius 2 is 1.93 bits per heavy atom. The largest absolute Gasteiger partial charge is 0.508 e. The smallest absolute Gasteiger partial charge is 0.255 e. The second kappa shape index (κ2) is 7.92. The van der Waals surface area contributed by atoms with E-state index in [2.05, 4.69) is 5.32 Å². The number of anilines is 1. The minimum absolute atomic E-state index is 0.0362. The molecule has 1 aliphatic heterocycles. The number of nitrogens with one attached hydrogen (secondary N) is 1. The van der Waals surface area contributed by atoms with Crippen LogP contribution < -0.4 is 5.32 Å². The molecule has 0 saturated carbocycles. The molecule has 1 heterocycles. The molecule has 0 spiro atoms. The molecule has 0 aliphatic carbocycles. The number of thioether (sulfide) groups is 1. The van der Waals surface area contributed by atoms with Gasteiger partial charge in [-0.1, -0.05) is 0 Å². The Balaban J connectivity index is 1.75. The second-order valence-electron chi connectivity index (χ2n) is 6.52. The van der Waals surface area contributed by atoms with Gasteiger partial charge < -0.3 is 10.4 Å². The van der Waals surface area contributed by atoms with Gasteiger partial charge in [0.1, 0.15) is 5.75 Å². The summed E-state index contributed by atoms with van der Waals surface area (Å²) in [6, 6.07) is 10.8. The molecule has 0 radical (unpaired) electrons. The summed E-state index contributed by atoms with van der Waals surface area (Å²) in [7, 11) is -3.54. The SMILES string of the molecule is Cc1cc(C(=O)Nc2ccc(S(=O)(=O)N3CCSCC3C)cc2)ccc1O. The average molecular weight is 407 g/mol. The average Bonchev–Trinajstić information content (AvgIpc) is 2.64. The summed E-state index contributed by atoms with van der Waals surface area (Å²) >= 11 is 1.76. The molecular weight excluding hydrogens is 384 g/mol. The van der Waals surface area contributed by atoms with E-state index in [9.17, 15) is 18.3 Å². The van der Waals surface area contributed by atoms with E-state index in [1.807, 2.05) is 6.92 Å². The van der Waals surface area contributed by atoms with Crippen molar-refractivity contribution in [3.05, 3.63) is 53.6 Å². The number of carbonyl (C=O) groups excluding carboxylic acids is 1. The maximum Gasteiger partial charge on any atom is 0.255 e. The first-order valence-electron chi connectivity index (χ1n) is 8.59. The number of aromatic hydroxyl groups is 1. The first-order valence-corrected chi connectivity index (χ1v) is 11.2. The summed E-state index contributed by atoms with van der Waals surface area (Å²) < 4.78 is 27.2. The van der Waals surface area contributed by atoms with Crippen LogP contribution in [0.5, 0.6) is 5.75 Å². The molecule has 1 saturated heterocycles. The quantitative estimate of drug-likeness (QED) is 0.815. The Kier molecular flexibility index (Phi) is 5.78. The van der Waals surface area contributed by atoms with Crippen LogP contribution in [0.3, 0.4) is 0 Å². The molecule has 1 fully saturated rings. The number of phenolic OH excluding ortho intramolecular Hbond substituents is 1. The zero-order valence-corrected chi connectivity index (χ0v) is 16.8. The molecule has 1 aliphatic rings. The summed E-state index contributed by atoms with van der Waals surface area (Å²) in [6.45, 7) is 4.14. The van der Waals surface area contributed by atoms with Gasteiger partial charge in [0.05, 0.1) is 4.90 Å². The molecule has 1 amide bonds. The minimum atomic E-state index is -3.54. The van der Waals surface area contributed by atoms with Gasteiger partial charge >= 0.3 is 0 Å². The van der Waals surface area contributed by atoms with E-state index in [4.69, 9.17) is 0 Å². The molecule has 0 bridgehead atoms. The molecule has 27 heavy (non-hydrogen) atoms. The number of aryl methyl sites for hydroxylation is 1. The van der Waals surface area contributed by atoms with Crippen LogP contribution in [0.15, 0.2) is 47.4 Å². The Morgan fingerprint density at radius 3 is 2.56 bits per heavy atom. The van der Waals surface area contributed by atoms with Crippen molar-refractivity contribution in [1.82, 2.24) is 4.31 Å². The van der Waals surface area contributed by atoms with Crippen LogP contribution in [0.25, 0.3) is 0 Å². The third-order valence-corrected chi connectivity index (χ3v) is 7.70. The molecule has 2 aromatic carbocycles.